The Morgan fingerprint density at radius 2 is 2.29 bits per heavy atom. The Morgan fingerprint density at radius 3 is 2.76 bits per heavy atom. The number of carbonyl (C=O) groups is 1. The molecule has 0 spiro atoms. The summed E-state index contributed by atoms with van der Waals surface area (Å²) in [7, 11) is 0. The van der Waals surface area contributed by atoms with E-state index in [0.717, 1.165) is 22.6 Å². The first-order valence-corrected chi connectivity index (χ1v) is 7.06. The predicted octanol–water partition coefficient (Wildman–Crippen LogP) is 2.15. The van der Waals surface area contributed by atoms with E-state index in [0.29, 0.717) is 12.6 Å². The molecule has 0 radical (unpaired) electrons. The van der Waals surface area contributed by atoms with Gasteiger partial charge in [-0.3, -0.25) is 0 Å². The summed E-state index contributed by atoms with van der Waals surface area (Å²) in [6, 6.07) is 0.472. The van der Waals surface area contributed by atoms with E-state index in [-0.39, 0.29) is 6.04 Å². The van der Waals surface area contributed by atoms with Gasteiger partial charge in [-0.15, -0.1) is 0 Å². The van der Waals surface area contributed by atoms with Crippen LogP contribution in [0.5, 0.6) is 0 Å². The lowest BCUT2D eigenvalue weighted by molar-refractivity contribution is 0.137. The summed E-state index contributed by atoms with van der Waals surface area (Å²) in [5, 5.41) is 10.2. The molecule has 0 saturated carbocycles. The normalized spacial score (nSPS) is 26.9. The second-order valence-electron chi connectivity index (χ2n) is 4.49. The third kappa shape index (κ3) is 1.72. The second kappa shape index (κ2) is 3.84. The molecular formula is C10H12BrN3O2S. The van der Waals surface area contributed by atoms with Gasteiger partial charge in [0.05, 0.1) is 11.7 Å². The van der Waals surface area contributed by atoms with Gasteiger partial charge in [-0.25, -0.2) is 9.78 Å². The van der Waals surface area contributed by atoms with Gasteiger partial charge >= 0.3 is 6.09 Å². The highest BCUT2D eigenvalue weighted by Gasteiger charge is 2.46. The molecule has 2 aliphatic heterocycles. The number of fused-ring (bicyclic) bond motifs is 2. The number of nitrogens with zero attached hydrogens (tertiary/aromatic N) is 3. The van der Waals surface area contributed by atoms with E-state index in [1.54, 1.807) is 16.2 Å². The molecule has 1 aromatic heterocycles. The van der Waals surface area contributed by atoms with Crippen molar-refractivity contribution >= 4 is 38.4 Å². The number of anilines is 1. The van der Waals surface area contributed by atoms with E-state index >= 15 is 0 Å². The lowest BCUT2D eigenvalue weighted by Gasteiger charge is -2.33. The number of carboxylic acid groups (broad SMARTS) is 1. The summed E-state index contributed by atoms with van der Waals surface area (Å²) in [6.45, 7) is 3.42. The highest BCUT2D eigenvalue weighted by atomic mass is 79.9. The number of piperazine rings is 1. The minimum Gasteiger partial charge on any atom is -0.465 e. The molecule has 92 valence electrons. The van der Waals surface area contributed by atoms with Gasteiger partial charge in [0, 0.05) is 19.1 Å². The number of rotatable bonds is 1. The number of amides is 1. The first-order chi connectivity index (χ1) is 8.06. The van der Waals surface area contributed by atoms with Gasteiger partial charge in [0.25, 0.3) is 0 Å². The quantitative estimate of drug-likeness (QED) is 0.862. The number of likely N-dealkylation sites (tertiary alicyclic amines) is 1. The zero-order valence-corrected chi connectivity index (χ0v) is 11.7. The van der Waals surface area contributed by atoms with Gasteiger partial charge in [-0.05, 0) is 29.3 Å². The van der Waals surface area contributed by atoms with Crippen LogP contribution in [0, 0.1) is 6.92 Å². The first-order valence-electron chi connectivity index (χ1n) is 5.45. The van der Waals surface area contributed by atoms with E-state index in [4.69, 9.17) is 5.11 Å². The van der Waals surface area contributed by atoms with E-state index in [2.05, 4.69) is 25.8 Å². The van der Waals surface area contributed by atoms with Crippen molar-refractivity contribution in [1.82, 2.24) is 9.88 Å². The Kier molecular flexibility index (Phi) is 2.55. The molecule has 17 heavy (non-hydrogen) atoms. The molecule has 2 saturated heterocycles. The molecule has 5 nitrogen and oxygen atoms in total. The van der Waals surface area contributed by atoms with Crippen molar-refractivity contribution in [3.05, 3.63) is 9.61 Å². The minimum absolute atomic E-state index is 0.151. The van der Waals surface area contributed by atoms with Gasteiger partial charge in [-0.2, -0.15) is 0 Å². The third-order valence-electron chi connectivity index (χ3n) is 3.49. The van der Waals surface area contributed by atoms with Crippen LogP contribution >= 0.6 is 27.3 Å². The molecule has 2 aliphatic rings. The Balaban J connectivity index is 1.82. The molecule has 1 amide bonds. The number of hydrogen-bond acceptors (Lipinski definition) is 4. The zero-order chi connectivity index (χ0) is 12.2. The Bertz CT molecular complexity index is 478. The summed E-state index contributed by atoms with van der Waals surface area (Å²) < 4.78 is 0.892. The van der Waals surface area contributed by atoms with Crippen molar-refractivity contribution in [3.63, 3.8) is 0 Å². The van der Waals surface area contributed by atoms with Gasteiger partial charge in [0.15, 0.2) is 3.92 Å². The van der Waals surface area contributed by atoms with E-state index in [1.165, 1.54) is 5.00 Å². The Morgan fingerprint density at radius 1 is 1.53 bits per heavy atom. The van der Waals surface area contributed by atoms with Gasteiger partial charge < -0.3 is 14.9 Å². The van der Waals surface area contributed by atoms with Crippen molar-refractivity contribution in [2.75, 3.05) is 18.0 Å². The highest BCUT2D eigenvalue weighted by Crippen LogP contribution is 2.40. The molecule has 3 heterocycles. The van der Waals surface area contributed by atoms with Crippen LogP contribution in [0.15, 0.2) is 3.92 Å². The minimum atomic E-state index is -0.792. The topological polar surface area (TPSA) is 56.7 Å². The summed E-state index contributed by atoms with van der Waals surface area (Å²) in [4.78, 5) is 19.2. The largest absolute Gasteiger partial charge is 0.465 e. The lowest BCUT2D eigenvalue weighted by atomic mass is 10.2. The van der Waals surface area contributed by atoms with Gasteiger partial charge in [0.2, 0.25) is 0 Å². The molecule has 2 fully saturated rings. The van der Waals surface area contributed by atoms with Crippen LogP contribution < -0.4 is 4.90 Å². The number of aromatic nitrogens is 1. The van der Waals surface area contributed by atoms with Crippen LogP contribution in [0.2, 0.25) is 0 Å². The smallest absolute Gasteiger partial charge is 0.407 e. The molecule has 7 heteroatoms. The first kappa shape index (κ1) is 11.3. The molecule has 2 atom stereocenters. The maximum absolute atomic E-state index is 11.0. The van der Waals surface area contributed by atoms with Crippen LogP contribution in [0.25, 0.3) is 0 Å². The third-order valence-corrected chi connectivity index (χ3v) is 5.14. The maximum atomic E-state index is 11.0. The molecule has 2 bridgehead atoms. The fraction of sp³-hybridized carbons (Fsp3) is 0.600. The highest BCUT2D eigenvalue weighted by molar-refractivity contribution is 9.11. The molecule has 1 aromatic rings. The average molecular weight is 318 g/mol. The van der Waals surface area contributed by atoms with Crippen LogP contribution in [-0.2, 0) is 0 Å². The Labute approximate surface area is 111 Å². The number of aryl methyl sites for hydroxylation is 1. The van der Waals surface area contributed by atoms with Gasteiger partial charge in [0.1, 0.15) is 5.00 Å². The number of halogens is 1. The SMILES string of the molecule is Cc1nc(Br)sc1N1C[C@@H]2C[C@H]1CN2C(=O)O. The Hall–Kier alpha value is -0.820. The van der Waals surface area contributed by atoms with E-state index < -0.39 is 6.09 Å². The molecule has 0 aliphatic carbocycles. The van der Waals surface area contributed by atoms with Crippen LogP contribution in [-0.4, -0.2) is 46.3 Å². The predicted molar refractivity (Wildman–Crippen MR) is 68.8 cm³/mol. The van der Waals surface area contributed by atoms with Crippen molar-refractivity contribution < 1.29 is 9.90 Å². The number of hydrogen-bond donors (Lipinski definition) is 1. The van der Waals surface area contributed by atoms with Crippen molar-refractivity contribution in [1.29, 1.82) is 0 Å². The molecule has 3 rings (SSSR count). The van der Waals surface area contributed by atoms with E-state index in [9.17, 15) is 4.79 Å². The van der Waals surface area contributed by atoms with E-state index in [1.807, 2.05) is 6.92 Å². The molecule has 0 unspecified atom stereocenters. The average Bonchev–Trinajstić information content (AvgIpc) is 2.90. The second-order valence-corrected chi connectivity index (χ2v) is 6.74. The fourth-order valence-electron chi connectivity index (χ4n) is 2.77. The summed E-state index contributed by atoms with van der Waals surface area (Å²) >= 11 is 5.02. The summed E-state index contributed by atoms with van der Waals surface area (Å²) in [6.07, 6.45) is 0.153. The zero-order valence-electron chi connectivity index (χ0n) is 9.26. The summed E-state index contributed by atoms with van der Waals surface area (Å²) in [5.41, 5.74) is 1.02. The monoisotopic (exact) mass is 317 g/mol. The van der Waals surface area contributed by atoms with Crippen LogP contribution in [0.3, 0.4) is 0 Å². The fourth-order valence-corrected chi connectivity index (χ4v) is 4.37. The van der Waals surface area contributed by atoms with Crippen molar-refractivity contribution in [2.24, 2.45) is 0 Å². The maximum Gasteiger partial charge on any atom is 0.407 e. The lowest BCUT2D eigenvalue weighted by Crippen LogP contribution is -2.48. The standard InChI is InChI=1S/C10H12BrN3O2S/c1-5-8(17-9(11)12-5)13-3-7-2-6(13)4-14(7)10(15)16/h6-7H,2-4H2,1H3,(H,15,16)/t6-,7-/m0/s1. The van der Waals surface area contributed by atoms with Crippen LogP contribution in [0.1, 0.15) is 12.1 Å². The van der Waals surface area contributed by atoms with Crippen LogP contribution in [0.4, 0.5) is 9.80 Å². The van der Waals surface area contributed by atoms with Crippen molar-refractivity contribution in [3.8, 4) is 0 Å². The molecule has 1 N–H and O–H groups in total. The van der Waals surface area contributed by atoms with Crippen molar-refractivity contribution in [2.45, 2.75) is 25.4 Å². The summed E-state index contributed by atoms with van der Waals surface area (Å²) in [5.74, 6) is 0. The molecule has 0 aromatic carbocycles. The molecular weight excluding hydrogens is 306 g/mol. The number of thiazole rings is 1. The van der Waals surface area contributed by atoms with Gasteiger partial charge in [-0.1, -0.05) is 11.3 Å².